The largest absolute Gasteiger partial charge is 0.352 e. The number of carbonyl (C=O) groups is 2. The lowest BCUT2D eigenvalue weighted by Gasteiger charge is -2.31. The lowest BCUT2D eigenvalue weighted by atomic mass is 10.1. The van der Waals surface area contributed by atoms with E-state index in [-0.39, 0.29) is 23.3 Å². The Kier molecular flexibility index (Phi) is 4.07. The maximum atomic E-state index is 12.2. The Balaban J connectivity index is 1.93. The zero-order chi connectivity index (χ0) is 15.8. The van der Waals surface area contributed by atoms with Crippen LogP contribution in [-0.2, 0) is 23.2 Å². The topological polar surface area (TPSA) is 67.2 Å². The number of hydrogen-bond donors (Lipinski definition) is 1. The molecule has 1 aliphatic heterocycles. The van der Waals surface area contributed by atoms with Crippen molar-refractivity contribution in [2.75, 3.05) is 6.54 Å². The van der Waals surface area contributed by atoms with E-state index >= 15 is 0 Å². The van der Waals surface area contributed by atoms with Crippen molar-refractivity contribution in [3.8, 4) is 0 Å². The second-order valence-corrected chi connectivity index (χ2v) is 6.67. The summed E-state index contributed by atoms with van der Waals surface area (Å²) in [6, 6.07) is 0. The van der Waals surface area contributed by atoms with E-state index in [1.54, 1.807) is 15.8 Å². The van der Waals surface area contributed by atoms with Gasteiger partial charge in [-0.25, -0.2) is 0 Å². The Bertz CT molecular complexity index is 557. The van der Waals surface area contributed by atoms with E-state index in [0.29, 0.717) is 19.5 Å². The first-order valence-electron chi connectivity index (χ1n) is 7.26. The number of carbonyl (C=O) groups excluding carboxylic acids is 2. The predicted molar refractivity (Wildman–Crippen MR) is 79.4 cm³/mol. The Morgan fingerprint density at radius 3 is 2.62 bits per heavy atom. The van der Waals surface area contributed by atoms with Gasteiger partial charge in [-0.1, -0.05) is 0 Å². The lowest BCUT2D eigenvalue weighted by molar-refractivity contribution is -0.132. The van der Waals surface area contributed by atoms with E-state index in [2.05, 4.69) is 10.4 Å². The average Bonchev–Trinajstić information content (AvgIpc) is 2.92. The fourth-order valence-electron chi connectivity index (χ4n) is 2.58. The minimum absolute atomic E-state index is 0.0557. The molecule has 6 nitrogen and oxygen atoms in total. The van der Waals surface area contributed by atoms with Crippen molar-refractivity contribution in [2.24, 2.45) is 13.0 Å². The molecular weight excluding hydrogens is 268 g/mol. The van der Waals surface area contributed by atoms with Crippen molar-refractivity contribution in [1.29, 1.82) is 0 Å². The summed E-state index contributed by atoms with van der Waals surface area (Å²) in [5, 5.41) is 7.07. The summed E-state index contributed by atoms with van der Waals surface area (Å²) in [4.78, 5) is 26.0. The van der Waals surface area contributed by atoms with Gasteiger partial charge in [-0.15, -0.1) is 0 Å². The van der Waals surface area contributed by atoms with Gasteiger partial charge in [-0.2, -0.15) is 5.10 Å². The molecule has 2 heterocycles. The quantitative estimate of drug-likeness (QED) is 0.903. The molecule has 116 valence electrons. The molecule has 1 saturated heterocycles. The van der Waals surface area contributed by atoms with Crippen LogP contribution in [0.2, 0.25) is 0 Å². The first-order valence-corrected chi connectivity index (χ1v) is 7.26. The summed E-state index contributed by atoms with van der Waals surface area (Å²) >= 11 is 0. The van der Waals surface area contributed by atoms with Gasteiger partial charge in [-0.05, 0) is 27.7 Å². The Labute approximate surface area is 125 Å². The maximum Gasteiger partial charge on any atom is 0.225 e. The zero-order valence-electron chi connectivity index (χ0n) is 13.4. The molecule has 0 radical (unpaired) electrons. The molecule has 1 fully saturated rings. The Hall–Kier alpha value is -1.85. The van der Waals surface area contributed by atoms with Gasteiger partial charge in [0.25, 0.3) is 0 Å². The highest BCUT2D eigenvalue weighted by Crippen LogP contribution is 2.25. The minimum atomic E-state index is -0.256. The van der Waals surface area contributed by atoms with E-state index in [1.165, 1.54) is 0 Å². The highest BCUT2D eigenvalue weighted by molar-refractivity contribution is 5.89. The van der Waals surface area contributed by atoms with E-state index in [1.807, 2.05) is 34.7 Å². The van der Waals surface area contributed by atoms with Gasteiger partial charge < -0.3 is 10.2 Å². The van der Waals surface area contributed by atoms with Gasteiger partial charge in [0.15, 0.2) is 0 Å². The van der Waals surface area contributed by atoms with Crippen molar-refractivity contribution in [1.82, 2.24) is 20.0 Å². The molecule has 0 bridgehead atoms. The number of rotatable bonds is 3. The zero-order valence-corrected chi connectivity index (χ0v) is 13.4. The first kappa shape index (κ1) is 15.5. The maximum absolute atomic E-state index is 12.2. The normalized spacial score (nSPS) is 19.2. The van der Waals surface area contributed by atoms with Crippen LogP contribution in [0.1, 0.15) is 38.4 Å². The molecule has 1 aromatic rings. The predicted octanol–water partition coefficient (Wildman–Crippen LogP) is 0.992. The molecule has 0 aromatic carbocycles. The molecular formula is C15H24N4O2. The molecule has 2 rings (SSSR count). The van der Waals surface area contributed by atoms with Crippen molar-refractivity contribution in [3.63, 3.8) is 0 Å². The molecule has 1 atom stereocenters. The van der Waals surface area contributed by atoms with E-state index < -0.39 is 0 Å². The molecule has 0 aliphatic carbocycles. The Morgan fingerprint density at radius 2 is 2.14 bits per heavy atom. The molecule has 1 aromatic heterocycles. The van der Waals surface area contributed by atoms with Crippen molar-refractivity contribution < 1.29 is 9.59 Å². The molecule has 0 spiro atoms. The minimum Gasteiger partial charge on any atom is -0.352 e. The van der Waals surface area contributed by atoms with Crippen LogP contribution < -0.4 is 5.32 Å². The SMILES string of the molecule is Cc1c(CNC(=O)[C@@H]2CC(=O)N(C(C)(C)C)C2)cnn1C. The molecule has 2 amide bonds. The Morgan fingerprint density at radius 1 is 1.48 bits per heavy atom. The van der Waals surface area contributed by atoms with Gasteiger partial charge in [0, 0.05) is 43.4 Å². The summed E-state index contributed by atoms with van der Waals surface area (Å²) in [6.07, 6.45) is 2.06. The first-order chi connectivity index (χ1) is 9.70. The number of nitrogens with one attached hydrogen (secondary N) is 1. The molecule has 6 heteroatoms. The van der Waals surface area contributed by atoms with Crippen molar-refractivity contribution in [2.45, 2.75) is 46.2 Å². The number of hydrogen-bond acceptors (Lipinski definition) is 3. The summed E-state index contributed by atoms with van der Waals surface area (Å²) in [6.45, 7) is 8.90. The lowest BCUT2D eigenvalue weighted by Crippen LogP contribution is -2.43. The fraction of sp³-hybridized carbons (Fsp3) is 0.667. The van der Waals surface area contributed by atoms with Crippen LogP contribution in [0, 0.1) is 12.8 Å². The molecule has 0 saturated carbocycles. The van der Waals surface area contributed by atoms with Crippen LogP contribution in [0.25, 0.3) is 0 Å². The van der Waals surface area contributed by atoms with Crippen molar-refractivity contribution in [3.05, 3.63) is 17.5 Å². The third kappa shape index (κ3) is 3.25. The van der Waals surface area contributed by atoms with Gasteiger partial charge in [0.05, 0.1) is 12.1 Å². The molecule has 1 aliphatic rings. The molecule has 0 unspecified atom stereocenters. The standard InChI is InChI=1S/C15H24N4O2/c1-10-12(8-17-18(10)5)7-16-14(21)11-6-13(20)19(9-11)15(2,3)4/h8,11H,6-7,9H2,1-5H3,(H,16,21)/t11-/m1/s1. The summed E-state index contributed by atoms with van der Waals surface area (Å²) < 4.78 is 1.78. The van der Waals surface area contributed by atoms with Crippen LogP contribution in [0.4, 0.5) is 0 Å². The monoisotopic (exact) mass is 292 g/mol. The molecule has 21 heavy (non-hydrogen) atoms. The summed E-state index contributed by atoms with van der Waals surface area (Å²) in [5.41, 5.74) is 1.81. The molecule has 1 N–H and O–H groups in total. The van der Waals surface area contributed by atoms with Crippen LogP contribution in [0.3, 0.4) is 0 Å². The third-order valence-corrected chi connectivity index (χ3v) is 4.10. The van der Waals surface area contributed by atoms with E-state index in [0.717, 1.165) is 11.3 Å². The second kappa shape index (κ2) is 5.50. The van der Waals surface area contributed by atoms with E-state index in [9.17, 15) is 9.59 Å². The smallest absolute Gasteiger partial charge is 0.225 e. The van der Waals surface area contributed by atoms with Gasteiger partial charge in [0.2, 0.25) is 11.8 Å². The fourth-order valence-corrected chi connectivity index (χ4v) is 2.58. The second-order valence-electron chi connectivity index (χ2n) is 6.67. The van der Waals surface area contributed by atoms with Crippen molar-refractivity contribution >= 4 is 11.8 Å². The number of amides is 2. The van der Waals surface area contributed by atoms with Crippen LogP contribution in [0.5, 0.6) is 0 Å². The average molecular weight is 292 g/mol. The van der Waals surface area contributed by atoms with Gasteiger partial charge in [-0.3, -0.25) is 14.3 Å². The van der Waals surface area contributed by atoms with E-state index in [4.69, 9.17) is 0 Å². The van der Waals surface area contributed by atoms with Crippen LogP contribution in [0.15, 0.2) is 6.20 Å². The van der Waals surface area contributed by atoms with Gasteiger partial charge in [0.1, 0.15) is 0 Å². The summed E-state index contributed by atoms with van der Waals surface area (Å²) in [5.74, 6) is -0.257. The van der Waals surface area contributed by atoms with Gasteiger partial charge >= 0.3 is 0 Å². The van der Waals surface area contributed by atoms with Crippen LogP contribution >= 0.6 is 0 Å². The number of likely N-dealkylation sites (tertiary alicyclic amines) is 1. The number of aryl methyl sites for hydroxylation is 1. The highest BCUT2D eigenvalue weighted by atomic mass is 16.2. The number of nitrogens with zero attached hydrogens (tertiary/aromatic N) is 3. The summed E-state index contributed by atoms with van der Waals surface area (Å²) in [7, 11) is 1.87. The third-order valence-electron chi connectivity index (χ3n) is 4.10. The highest BCUT2D eigenvalue weighted by Gasteiger charge is 2.39. The number of aromatic nitrogens is 2. The van der Waals surface area contributed by atoms with Crippen LogP contribution in [-0.4, -0.2) is 38.6 Å².